The summed E-state index contributed by atoms with van der Waals surface area (Å²) in [7, 11) is 0. The van der Waals surface area contributed by atoms with Crippen LogP contribution in [-0.2, 0) is 47.7 Å². The second-order valence-corrected chi connectivity index (χ2v) is 14.5. The van der Waals surface area contributed by atoms with Crippen molar-refractivity contribution in [3.8, 4) is 0 Å². The Balaban J connectivity index is 4.60. The summed E-state index contributed by atoms with van der Waals surface area (Å²) in [6.07, 6.45) is 0.398. The summed E-state index contributed by atoms with van der Waals surface area (Å²) in [6, 6.07) is -2.28. The summed E-state index contributed by atoms with van der Waals surface area (Å²) in [5, 5.41) is 17.2. The number of nitrogens with one attached hydrogen (secondary N) is 3. The predicted octanol–water partition coefficient (Wildman–Crippen LogP) is -0.231. The molecule has 0 heterocycles. The average Bonchev–Trinajstić information content (AvgIpc) is 3.01. The standard InChI is InChI=1S/C32H59N5O11S/c1-20(2)29(43)45-17-22(48-30(44)21(3)4)18-49-19-23(33)27(41)37-24(16-38)28(42)35-12-14-47-32(7,8)11-13-46-31(5,6)10-9-26(40)36-15-25(34)39/h20-24,38H,9-19,33H2,1-8H3,(H2,34,39)(H,35,42)(H,36,40)(H,37,41)/t22-,23+,24+/m1/s1. The quantitative estimate of drug-likeness (QED) is 0.0500. The molecule has 16 nitrogen and oxygen atoms in total. The number of carbonyl (C=O) groups excluding carboxylic acids is 6. The Hall–Kier alpha value is -2.99. The number of aliphatic hydroxyl groups excluding tert-OH is 1. The number of nitrogens with two attached hydrogens (primary N) is 2. The van der Waals surface area contributed by atoms with E-state index in [9.17, 15) is 33.9 Å². The van der Waals surface area contributed by atoms with Crippen molar-refractivity contribution in [2.24, 2.45) is 23.3 Å². The van der Waals surface area contributed by atoms with Crippen LogP contribution in [0.4, 0.5) is 0 Å². The summed E-state index contributed by atoms with van der Waals surface area (Å²) >= 11 is 1.21. The van der Waals surface area contributed by atoms with E-state index in [4.69, 9.17) is 30.4 Å². The molecule has 0 rings (SSSR count). The average molecular weight is 722 g/mol. The van der Waals surface area contributed by atoms with Crippen molar-refractivity contribution in [1.29, 1.82) is 0 Å². The van der Waals surface area contributed by atoms with Gasteiger partial charge >= 0.3 is 11.9 Å². The van der Waals surface area contributed by atoms with Crippen LogP contribution < -0.4 is 27.4 Å². The van der Waals surface area contributed by atoms with E-state index in [0.29, 0.717) is 19.4 Å². The van der Waals surface area contributed by atoms with Gasteiger partial charge in [-0.3, -0.25) is 28.8 Å². The Morgan fingerprint density at radius 2 is 1.41 bits per heavy atom. The van der Waals surface area contributed by atoms with Gasteiger partial charge in [0.1, 0.15) is 18.8 Å². The van der Waals surface area contributed by atoms with Crippen LogP contribution in [0.25, 0.3) is 0 Å². The Kier molecular flexibility index (Phi) is 22.0. The van der Waals surface area contributed by atoms with Gasteiger partial charge in [-0.15, -0.1) is 0 Å². The van der Waals surface area contributed by atoms with Crippen molar-refractivity contribution in [2.45, 2.75) is 104 Å². The molecule has 0 radical (unpaired) electrons. The fourth-order valence-electron chi connectivity index (χ4n) is 3.66. The fourth-order valence-corrected chi connectivity index (χ4v) is 4.63. The molecule has 17 heteroatoms. The third-order valence-corrected chi connectivity index (χ3v) is 8.10. The zero-order valence-corrected chi connectivity index (χ0v) is 31.1. The molecular formula is C32H59N5O11S. The van der Waals surface area contributed by atoms with E-state index in [1.54, 1.807) is 27.7 Å². The van der Waals surface area contributed by atoms with Crippen molar-refractivity contribution in [3.63, 3.8) is 0 Å². The molecule has 0 saturated carbocycles. The molecule has 8 N–H and O–H groups in total. The highest BCUT2D eigenvalue weighted by atomic mass is 32.2. The van der Waals surface area contributed by atoms with Crippen molar-refractivity contribution in [3.05, 3.63) is 0 Å². The van der Waals surface area contributed by atoms with E-state index in [-0.39, 0.29) is 62.0 Å². The summed E-state index contributed by atoms with van der Waals surface area (Å²) in [5.41, 5.74) is 9.84. The van der Waals surface area contributed by atoms with Crippen LogP contribution in [0.2, 0.25) is 0 Å². The zero-order chi connectivity index (χ0) is 37.8. The van der Waals surface area contributed by atoms with Gasteiger partial charge in [0.25, 0.3) is 0 Å². The lowest BCUT2D eigenvalue weighted by atomic mass is 10.0. The van der Waals surface area contributed by atoms with Gasteiger partial charge in [-0.2, -0.15) is 11.8 Å². The summed E-state index contributed by atoms with van der Waals surface area (Å²) in [6.45, 7) is 13.8. The first-order valence-corrected chi connectivity index (χ1v) is 17.6. The minimum Gasteiger partial charge on any atom is -0.462 e. The van der Waals surface area contributed by atoms with E-state index in [1.807, 2.05) is 27.7 Å². The molecule has 284 valence electrons. The normalized spacial score (nSPS) is 13.7. The van der Waals surface area contributed by atoms with Crippen molar-refractivity contribution >= 4 is 47.3 Å². The van der Waals surface area contributed by atoms with Crippen LogP contribution in [0.5, 0.6) is 0 Å². The van der Waals surface area contributed by atoms with Gasteiger partial charge in [-0.05, 0) is 40.5 Å². The Morgan fingerprint density at radius 1 is 0.816 bits per heavy atom. The predicted molar refractivity (Wildman–Crippen MR) is 184 cm³/mol. The van der Waals surface area contributed by atoms with Gasteiger partial charge in [-0.25, -0.2) is 0 Å². The number of carbonyl (C=O) groups is 6. The number of rotatable bonds is 26. The largest absolute Gasteiger partial charge is 0.462 e. The number of aliphatic hydroxyl groups is 1. The first-order valence-electron chi connectivity index (χ1n) is 16.4. The molecule has 0 saturated heterocycles. The molecule has 4 amide bonds. The van der Waals surface area contributed by atoms with E-state index in [0.717, 1.165) is 0 Å². The van der Waals surface area contributed by atoms with Crippen LogP contribution in [-0.4, -0.2) is 121 Å². The number of esters is 2. The van der Waals surface area contributed by atoms with E-state index < -0.39 is 65.7 Å². The highest BCUT2D eigenvalue weighted by Crippen LogP contribution is 2.20. The van der Waals surface area contributed by atoms with Crippen LogP contribution >= 0.6 is 11.8 Å². The zero-order valence-electron chi connectivity index (χ0n) is 30.3. The van der Waals surface area contributed by atoms with Gasteiger partial charge in [-0.1, -0.05) is 27.7 Å². The molecule has 0 aromatic carbocycles. The molecule has 0 fully saturated rings. The van der Waals surface area contributed by atoms with Crippen molar-refractivity contribution < 1.29 is 52.8 Å². The number of primary amides is 1. The van der Waals surface area contributed by atoms with Gasteiger partial charge in [0.2, 0.25) is 23.6 Å². The molecule has 49 heavy (non-hydrogen) atoms. The lowest BCUT2D eigenvalue weighted by Gasteiger charge is -2.30. The number of hydrogen-bond acceptors (Lipinski definition) is 13. The maximum atomic E-state index is 12.6. The first-order chi connectivity index (χ1) is 22.7. The van der Waals surface area contributed by atoms with Crippen LogP contribution in [0.15, 0.2) is 0 Å². The highest BCUT2D eigenvalue weighted by Gasteiger charge is 2.26. The summed E-state index contributed by atoms with van der Waals surface area (Å²) < 4.78 is 22.5. The minimum absolute atomic E-state index is 0.107. The minimum atomic E-state index is -1.24. The highest BCUT2D eigenvalue weighted by molar-refractivity contribution is 7.99. The number of hydrogen-bond donors (Lipinski definition) is 6. The molecule has 0 aliphatic carbocycles. The molecular weight excluding hydrogens is 662 g/mol. The summed E-state index contributed by atoms with van der Waals surface area (Å²) in [4.78, 5) is 71.8. The molecule has 0 spiro atoms. The monoisotopic (exact) mass is 721 g/mol. The first kappa shape index (κ1) is 46.0. The molecule has 0 aliphatic heterocycles. The number of thioether (sulfide) groups is 1. The van der Waals surface area contributed by atoms with Crippen LogP contribution in [0.3, 0.4) is 0 Å². The third-order valence-electron chi connectivity index (χ3n) is 6.90. The van der Waals surface area contributed by atoms with Crippen molar-refractivity contribution in [2.75, 3.05) is 51.0 Å². The van der Waals surface area contributed by atoms with Gasteiger partial charge < -0.3 is 51.5 Å². The van der Waals surface area contributed by atoms with Gasteiger partial charge in [0.05, 0.1) is 55.4 Å². The topological polar surface area (TPSA) is 248 Å². The summed E-state index contributed by atoms with van der Waals surface area (Å²) in [5.74, 6) is -3.46. The molecule has 0 aromatic rings. The second kappa shape index (κ2) is 23.4. The SMILES string of the molecule is CC(C)C(=O)OC[C@H](CSC[C@H](N)C(=O)N[C@@H](CO)C(=O)NCCOC(C)(C)CCOC(C)(C)CCC(=O)NCC(N)=O)OC(=O)C(C)C. The lowest BCUT2D eigenvalue weighted by Crippen LogP contribution is -2.54. The van der Waals surface area contributed by atoms with Crippen molar-refractivity contribution in [1.82, 2.24) is 16.0 Å². The second-order valence-electron chi connectivity index (χ2n) is 13.4. The third kappa shape index (κ3) is 22.4. The fraction of sp³-hybridized carbons (Fsp3) is 0.812. The van der Waals surface area contributed by atoms with Gasteiger partial charge in [0.15, 0.2) is 0 Å². The van der Waals surface area contributed by atoms with Crippen LogP contribution in [0, 0.1) is 11.8 Å². The lowest BCUT2D eigenvalue weighted by molar-refractivity contribution is -0.161. The molecule has 0 unspecified atom stereocenters. The van der Waals surface area contributed by atoms with Gasteiger partial charge in [0, 0.05) is 24.5 Å². The van der Waals surface area contributed by atoms with E-state index in [1.165, 1.54) is 11.8 Å². The Labute approximate surface area is 294 Å². The number of ether oxygens (including phenoxy) is 4. The number of amides is 4. The smallest absolute Gasteiger partial charge is 0.308 e. The molecule has 3 atom stereocenters. The maximum absolute atomic E-state index is 12.6. The van der Waals surface area contributed by atoms with E-state index in [2.05, 4.69) is 16.0 Å². The Morgan fingerprint density at radius 3 is 1.98 bits per heavy atom. The molecule has 0 aliphatic rings. The molecule has 0 bridgehead atoms. The Bertz CT molecular complexity index is 1070. The maximum Gasteiger partial charge on any atom is 0.308 e. The molecule has 0 aromatic heterocycles. The van der Waals surface area contributed by atoms with Crippen LogP contribution in [0.1, 0.15) is 74.7 Å². The van der Waals surface area contributed by atoms with E-state index >= 15 is 0 Å².